The Hall–Kier alpha value is -2.75. The van der Waals surface area contributed by atoms with Gasteiger partial charge in [0.2, 0.25) is 0 Å². The zero-order valence-corrected chi connectivity index (χ0v) is 13.2. The van der Waals surface area contributed by atoms with E-state index >= 15 is 0 Å². The van der Waals surface area contributed by atoms with Crippen LogP contribution < -0.4 is 10.1 Å². The lowest BCUT2D eigenvalue weighted by molar-refractivity contribution is 0.0935. The highest BCUT2D eigenvalue weighted by Gasteiger charge is 2.15. The van der Waals surface area contributed by atoms with Crippen LogP contribution in [-0.2, 0) is 0 Å². The van der Waals surface area contributed by atoms with Crippen LogP contribution in [0.4, 0.5) is 0 Å². The minimum Gasteiger partial charge on any atom is -0.494 e. The van der Waals surface area contributed by atoms with E-state index in [1.807, 2.05) is 44.2 Å². The highest BCUT2D eigenvalue weighted by atomic mass is 16.5. The summed E-state index contributed by atoms with van der Waals surface area (Å²) in [5.41, 5.74) is 1.42. The predicted octanol–water partition coefficient (Wildman–Crippen LogP) is 4.32. The molecule has 1 aromatic heterocycles. The molecule has 4 heteroatoms. The van der Waals surface area contributed by atoms with E-state index in [0.29, 0.717) is 12.2 Å². The number of amides is 1. The third-order valence-electron chi connectivity index (χ3n) is 3.65. The lowest BCUT2D eigenvalue weighted by atomic mass is 10.1. The van der Waals surface area contributed by atoms with Gasteiger partial charge in [-0.05, 0) is 50.2 Å². The van der Waals surface area contributed by atoms with E-state index in [0.717, 1.165) is 22.5 Å². The van der Waals surface area contributed by atoms with Gasteiger partial charge in [-0.25, -0.2) is 0 Å². The molecule has 0 fully saturated rings. The Labute approximate surface area is 135 Å². The second kappa shape index (κ2) is 6.57. The maximum absolute atomic E-state index is 12.3. The van der Waals surface area contributed by atoms with Gasteiger partial charge in [-0.3, -0.25) is 4.79 Å². The van der Waals surface area contributed by atoms with Crippen molar-refractivity contribution in [3.63, 3.8) is 0 Å². The van der Waals surface area contributed by atoms with Crippen molar-refractivity contribution in [2.24, 2.45) is 0 Å². The molecule has 0 spiro atoms. The summed E-state index contributed by atoms with van der Waals surface area (Å²) in [4.78, 5) is 12.3. The van der Waals surface area contributed by atoms with E-state index in [-0.39, 0.29) is 11.9 Å². The van der Waals surface area contributed by atoms with Crippen molar-refractivity contribution in [3.05, 3.63) is 65.9 Å². The van der Waals surface area contributed by atoms with Crippen molar-refractivity contribution in [3.8, 4) is 5.75 Å². The molecule has 118 valence electrons. The highest BCUT2D eigenvalue weighted by Crippen LogP contribution is 2.24. The molecule has 0 saturated heterocycles. The summed E-state index contributed by atoms with van der Waals surface area (Å²) < 4.78 is 11.2. The third kappa shape index (κ3) is 3.37. The van der Waals surface area contributed by atoms with Crippen LogP contribution in [0.15, 0.2) is 59.0 Å². The van der Waals surface area contributed by atoms with E-state index in [1.54, 1.807) is 24.3 Å². The lowest BCUT2D eigenvalue weighted by Crippen LogP contribution is -2.26. The average molecular weight is 309 g/mol. The number of para-hydroxylation sites is 1. The van der Waals surface area contributed by atoms with Crippen LogP contribution in [0.1, 0.15) is 36.0 Å². The Morgan fingerprint density at radius 1 is 1.17 bits per heavy atom. The summed E-state index contributed by atoms with van der Waals surface area (Å²) in [6, 6.07) is 16.7. The monoisotopic (exact) mass is 309 g/mol. The Morgan fingerprint density at radius 3 is 2.61 bits per heavy atom. The number of carbonyl (C=O) groups excluding carboxylic acids is 1. The fourth-order valence-corrected chi connectivity index (χ4v) is 2.44. The average Bonchev–Trinajstić information content (AvgIpc) is 3.00. The van der Waals surface area contributed by atoms with Crippen LogP contribution >= 0.6 is 0 Å². The summed E-state index contributed by atoms with van der Waals surface area (Å²) >= 11 is 0. The Bertz CT molecular complexity index is 772. The van der Waals surface area contributed by atoms with Crippen LogP contribution in [0, 0.1) is 0 Å². The maximum atomic E-state index is 12.3. The summed E-state index contributed by atoms with van der Waals surface area (Å²) in [7, 11) is 0. The second-order valence-corrected chi connectivity index (χ2v) is 5.34. The van der Waals surface area contributed by atoms with Gasteiger partial charge in [0, 0.05) is 10.9 Å². The minimum atomic E-state index is -0.207. The molecule has 1 N–H and O–H groups in total. The van der Waals surface area contributed by atoms with Crippen molar-refractivity contribution in [2.75, 3.05) is 6.61 Å². The zero-order valence-electron chi connectivity index (χ0n) is 13.2. The molecule has 1 heterocycles. The number of hydrogen-bond donors (Lipinski definition) is 1. The number of nitrogens with one attached hydrogen (secondary N) is 1. The van der Waals surface area contributed by atoms with E-state index in [4.69, 9.17) is 9.15 Å². The van der Waals surface area contributed by atoms with E-state index in [9.17, 15) is 4.79 Å². The van der Waals surface area contributed by atoms with Crippen LogP contribution in [0.5, 0.6) is 5.75 Å². The van der Waals surface area contributed by atoms with Crippen LogP contribution in [-0.4, -0.2) is 12.5 Å². The van der Waals surface area contributed by atoms with E-state index in [2.05, 4.69) is 5.32 Å². The fraction of sp³-hybridized carbons (Fsp3) is 0.211. The van der Waals surface area contributed by atoms with Crippen molar-refractivity contribution in [2.45, 2.75) is 19.9 Å². The highest BCUT2D eigenvalue weighted by molar-refractivity contribution is 5.94. The molecule has 4 nitrogen and oxygen atoms in total. The molecule has 0 bridgehead atoms. The summed E-state index contributed by atoms with van der Waals surface area (Å²) in [5, 5.41) is 3.98. The number of hydrogen-bond acceptors (Lipinski definition) is 3. The first kappa shape index (κ1) is 15.2. The molecule has 0 radical (unpaired) electrons. The molecule has 0 aliphatic heterocycles. The van der Waals surface area contributed by atoms with Gasteiger partial charge in [0.1, 0.15) is 17.1 Å². The number of furan rings is 1. The van der Waals surface area contributed by atoms with Crippen molar-refractivity contribution >= 4 is 16.9 Å². The van der Waals surface area contributed by atoms with Crippen molar-refractivity contribution in [1.29, 1.82) is 0 Å². The predicted molar refractivity (Wildman–Crippen MR) is 89.7 cm³/mol. The molecule has 0 saturated carbocycles. The van der Waals surface area contributed by atoms with Gasteiger partial charge in [0.15, 0.2) is 0 Å². The van der Waals surface area contributed by atoms with Gasteiger partial charge in [-0.2, -0.15) is 0 Å². The van der Waals surface area contributed by atoms with Crippen LogP contribution in [0.2, 0.25) is 0 Å². The van der Waals surface area contributed by atoms with Crippen molar-refractivity contribution in [1.82, 2.24) is 5.32 Å². The SMILES string of the molecule is CCOc1ccc(C(=O)NC(C)c2cc3ccccc3o2)cc1. The molecule has 0 aliphatic rings. The smallest absolute Gasteiger partial charge is 0.251 e. The Balaban J connectivity index is 1.71. The quantitative estimate of drug-likeness (QED) is 0.763. The van der Waals surface area contributed by atoms with Crippen molar-refractivity contribution < 1.29 is 13.9 Å². The summed E-state index contributed by atoms with van der Waals surface area (Å²) in [6.45, 7) is 4.44. The minimum absolute atomic E-state index is 0.138. The molecule has 2 aromatic carbocycles. The van der Waals surface area contributed by atoms with Gasteiger partial charge in [0.05, 0.1) is 12.6 Å². The molecule has 1 amide bonds. The van der Waals surface area contributed by atoms with E-state index in [1.165, 1.54) is 0 Å². The van der Waals surface area contributed by atoms with E-state index < -0.39 is 0 Å². The van der Waals surface area contributed by atoms with Gasteiger partial charge >= 0.3 is 0 Å². The van der Waals surface area contributed by atoms with Crippen LogP contribution in [0.3, 0.4) is 0 Å². The molecular formula is C19H19NO3. The second-order valence-electron chi connectivity index (χ2n) is 5.34. The molecule has 23 heavy (non-hydrogen) atoms. The molecule has 0 aliphatic carbocycles. The first-order valence-corrected chi connectivity index (χ1v) is 7.69. The number of carbonyl (C=O) groups is 1. The van der Waals surface area contributed by atoms with Gasteiger partial charge in [0.25, 0.3) is 5.91 Å². The topological polar surface area (TPSA) is 51.5 Å². The Kier molecular flexibility index (Phi) is 4.33. The summed E-state index contributed by atoms with van der Waals surface area (Å²) in [5.74, 6) is 1.36. The van der Waals surface area contributed by atoms with Gasteiger partial charge < -0.3 is 14.5 Å². The number of benzene rings is 2. The first-order valence-electron chi connectivity index (χ1n) is 7.69. The molecule has 1 unspecified atom stereocenters. The molecule has 1 atom stereocenters. The van der Waals surface area contributed by atoms with Gasteiger partial charge in [-0.15, -0.1) is 0 Å². The molecular weight excluding hydrogens is 290 g/mol. The van der Waals surface area contributed by atoms with Crippen LogP contribution in [0.25, 0.3) is 11.0 Å². The number of rotatable bonds is 5. The number of ether oxygens (including phenoxy) is 1. The molecule has 3 rings (SSSR count). The fourth-order valence-electron chi connectivity index (χ4n) is 2.44. The third-order valence-corrected chi connectivity index (χ3v) is 3.65. The first-order chi connectivity index (χ1) is 11.2. The molecule has 3 aromatic rings. The zero-order chi connectivity index (χ0) is 16.2. The normalized spacial score (nSPS) is 12.1. The van der Waals surface area contributed by atoms with Gasteiger partial charge in [-0.1, -0.05) is 18.2 Å². The lowest BCUT2D eigenvalue weighted by Gasteiger charge is -2.11. The standard InChI is InChI=1S/C19H19NO3/c1-3-22-16-10-8-14(9-11-16)19(21)20-13(2)18-12-15-6-4-5-7-17(15)23-18/h4-13H,3H2,1-2H3,(H,20,21). The number of fused-ring (bicyclic) bond motifs is 1. The maximum Gasteiger partial charge on any atom is 0.251 e. The Morgan fingerprint density at radius 2 is 1.91 bits per heavy atom. The summed E-state index contributed by atoms with van der Waals surface area (Å²) in [6.07, 6.45) is 0. The largest absolute Gasteiger partial charge is 0.494 e.